The van der Waals surface area contributed by atoms with E-state index in [4.69, 9.17) is 4.74 Å². The van der Waals surface area contributed by atoms with Gasteiger partial charge in [0.15, 0.2) is 0 Å². The second kappa shape index (κ2) is 5.06. The summed E-state index contributed by atoms with van der Waals surface area (Å²) >= 11 is 3.55. The highest BCUT2D eigenvalue weighted by molar-refractivity contribution is 9.10. The Morgan fingerprint density at radius 1 is 1.10 bits per heavy atom. The van der Waals surface area contributed by atoms with Crippen molar-refractivity contribution >= 4 is 21.9 Å². The zero-order valence-corrected chi connectivity index (χ0v) is 12.8. The molecule has 1 aliphatic rings. The van der Waals surface area contributed by atoms with Gasteiger partial charge in [-0.3, -0.25) is 4.79 Å². The number of benzene rings is 2. The van der Waals surface area contributed by atoms with Crippen molar-refractivity contribution in [3.8, 4) is 0 Å². The molecule has 2 aromatic rings. The molecule has 102 valence electrons. The van der Waals surface area contributed by atoms with Gasteiger partial charge in [-0.2, -0.15) is 0 Å². The van der Waals surface area contributed by atoms with E-state index in [-0.39, 0.29) is 12.1 Å². The molecule has 1 heterocycles. The van der Waals surface area contributed by atoms with Crippen molar-refractivity contribution in [1.29, 1.82) is 0 Å². The number of carbonyl (C=O) groups excluding carboxylic acids is 1. The van der Waals surface area contributed by atoms with Gasteiger partial charge in [-0.15, -0.1) is 0 Å². The van der Waals surface area contributed by atoms with Crippen LogP contribution in [0.5, 0.6) is 0 Å². The van der Waals surface area contributed by atoms with E-state index in [0.717, 1.165) is 22.0 Å². The van der Waals surface area contributed by atoms with Crippen molar-refractivity contribution in [2.75, 3.05) is 0 Å². The van der Waals surface area contributed by atoms with Gasteiger partial charge in [0, 0.05) is 10.0 Å². The normalized spacial score (nSPS) is 24.9. The first-order valence-electron chi connectivity index (χ1n) is 6.71. The molecule has 0 aromatic heterocycles. The van der Waals surface area contributed by atoms with Crippen LogP contribution in [0, 0.1) is 0 Å². The molecule has 0 aliphatic carbocycles. The van der Waals surface area contributed by atoms with Crippen LogP contribution >= 0.6 is 15.9 Å². The molecule has 3 heteroatoms. The lowest BCUT2D eigenvalue weighted by molar-refractivity contribution is -0.193. The minimum atomic E-state index is -0.564. The molecule has 20 heavy (non-hydrogen) atoms. The van der Waals surface area contributed by atoms with Gasteiger partial charge in [0.2, 0.25) is 0 Å². The Bertz CT molecular complexity index is 638. The predicted molar refractivity (Wildman–Crippen MR) is 81.4 cm³/mol. The lowest BCUT2D eigenvalue weighted by atomic mass is 9.67. The van der Waals surface area contributed by atoms with E-state index in [1.807, 2.05) is 61.5 Å². The standard InChI is InChI=1S/C17H15BrO2/c1-2-17(12-8-4-3-5-9-12)15(20-16(17)19)13-10-6-7-11-14(13)18/h3-11,15H,2H2,1H3. The third-order valence-electron chi connectivity index (χ3n) is 4.07. The number of hydrogen-bond donors (Lipinski definition) is 0. The predicted octanol–water partition coefficient (Wildman–Crippen LogP) is 4.40. The molecule has 0 amide bonds. The van der Waals surface area contributed by atoms with E-state index < -0.39 is 5.41 Å². The van der Waals surface area contributed by atoms with Crippen LogP contribution in [-0.2, 0) is 14.9 Å². The quantitative estimate of drug-likeness (QED) is 0.780. The maximum absolute atomic E-state index is 12.2. The Hall–Kier alpha value is -1.61. The zero-order chi connectivity index (χ0) is 14.2. The van der Waals surface area contributed by atoms with E-state index >= 15 is 0 Å². The molecule has 2 atom stereocenters. The number of carbonyl (C=O) groups is 1. The molecule has 0 radical (unpaired) electrons. The molecule has 1 saturated heterocycles. The van der Waals surface area contributed by atoms with Gasteiger partial charge in [0.05, 0.1) is 0 Å². The Balaban J connectivity index is 2.10. The van der Waals surface area contributed by atoms with E-state index in [2.05, 4.69) is 15.9 Å². The van der Waals surface area contributed by atoms with Gasteiger partial charge < -0.3 is 4.74 Å². The van der Waals surface area contributed by atoms with Gasteiger partial charge >= 0.3 is 5.97 Å². The molecule has 2 nitrogen and oxygen atoms in total. The minimum Gasteiger partial charge on any atom is -0.455 e. The second-order valence-corrected chi connectivity index (χ2v) is 5.85. The van der Waals surface area contributed by atoms with E-state index in [9.17, 15) is 4.79 Å². The molecule has 0 saturated carbocycles. The molecule has 3 rings (SSSR count). The van der Waals surface area contributed by atoms with Crippen molar-refractivity contribution in [3.05, 3.63) is 70.2 Å². The third-order valence-corrected chi connectivity index (χ3v) is 4.79. The summed E-state index contributed by atoms with van der Waals surface area (Å²) in [5.74, 6) is -0.132. The molecular formula is C17H15BrO2. The lowest BCUT2D eigenvalue weighted by Gasteiger charge is -2.47. The zero-order valence-electron chi connectivity index (χ0n) is 11.2. The smallest absolute Gasteiger partial charge is 0.321 e. The Morgan fingerprint density at radius 2 is 1.75 bits per heavy atom. The first-order chi connectivity index (χ1) is 9.70. The van der Waals surface area contributed by atoms with Gasteiger partial charge in [-0.05, 0) is 18.1 Å². The summed E-state index contributed by atoms with van der Waals surface area (Å²) in [5, 5.41) is 0. The number of halogens is 1. The SMILES string of the molecule is CCC1(c2ccccc2)C(=O)OC1c1ccccc1Br. The first kappa shape index (κ1) is 13.4. The van der Waals surface area contributed by atoms with Crippen LogP contribution in [0.4, 0.5) is 0 Å². The lowest BCUT2D eigenvalue weighted by Crippen LogP contribution is -2.54. The highest BCUT2D eigenvalue weighted by Gasteiger charge is 2.58. The van der Waals surface area contributed by atoms with Crippen LogP contribution in [0.15, 0.2) is 59.1 Å². The van der Waals surface area contributed by atoms with E-state index in [0.29, 0.717) is 0 Å². The molecule has 2 unspecified atom stereocenters. The third kappa shape index (κ3) is 1.80. The van der Waals surface area contributed by atoms with Crippen LogP contribution < -0.4 is 0 Å². The number of hydrogen-bond acceptors (Lipinski definition) is 2. The monoisotopic (exact) mass is 330 g/mol. The van der Waals surface area contributed by atoms with Crippen LogP contribution in [0.3, 0.4) is 0 Å². The molecule has 0 bridgehead atoms. The molecule has 2 aromatic carbocycles. The highest BCUT2D eigenvalue weighted by Crippen LogP contribution is 2.52. The summed E-state index contributed by atoms with van der Waals surface area (Å²) in [6.07, 6.45) is 0.500. The molecule has 1 aliphatic heterocycles. The Kier molecular flexibility index (Phi) is 3.38. The maximum atomic E-state index is 12.2. The van der Waals surface area contributed by atoms with Crippen molar-refractivity contribution < 1.29 is 9.53 Å². The number of esters is 1. The maximum Gasteiger partial charge on any atom is 0.321 e. The summed E-state index contributed by atoms with van der Waals surface area (Å²) in [6.45, 7) is 2.04. The van der Waals surface area contributed by atoms with Crippen LogP contribution in [0.1, 0.15) is 30.6 Å². The fraction of sp³-hybridized carbons (Fsp3) is 0.235. The fourth-order valence-corrected chi connectivity index (χ4v) is 3.41. The summed E-state index contributed by atoms with van der Waals surface area (Å²) in [5.41, 5.74) is 1.49. The van der Waals surface area contributed by atoms with Crippen molar-refractivity contribution in [2.45, 2.75) is 24.9 Å². The highest BCUT2D eigenvalue weighted by atomic mass is 79.9. The second-order valence-electron chi connectivity index (χ2n) is 5.00. The van der Waals surface area contributed by atoms with Crippen LogP contribution in [0.2, 0.25) is 0 Å². The number of rotatable bonds is 3. The average Bonchev–Trinajstić information content (AvgIpc) is 2.48. The minimum absolute atomic E-state index is 0.132. The molecular weight excluding hydrogens is 316 g/mol. The number of ether oxygens (including phenoxy) is 1. The molecule has 0 N–H and O–H groups in total. The van der Waals surface area contributed by atoms with Gasteiger partial charge in [0.1, 0.15) is 11.5 Å². The van der Waals surface area contributed by atoms with E-state index in [1.54, 1.807) is 0 Å². The van der Waals surface area contributed by atoms with Crippen molar-refractivity contribution in [2.24, 2.45) is 0 Å². The summed E-state index contributed by atoms with van der Waals surface area (Å²) in [7, 11) is 0. The summed E-state index contributed by atoms with van der Waals surface area (Å²) < 4.78 is 6.48. The topological polar surface area (TPSA) is 26.3 Å². The molecule has 0 spiro atoms. The summed E-state index contributed by atoms with van der Waals surface area (Å²) in [4.78, 5) is 12.2. The van der Waals surface area contributed by atoms with Crippen molar-refractivity contribution in [3.63, 3.8) is 0 Å². The first-order valence-corrected chi connectivity index (χ1v) is 7.50. The van der Waals surface area contributed by atoms with Gasteiger partial charge in [-0.1, -0.05) is 71.4 Å². The average molecular weight is 331 g/mol. The largest absolute Gasteiger partial charge is 0.455 e. The van der Waals surface area contributed by atoms with Gasteiger partial charge in [0.25, 0.3) is 0 Å². The van der Waals surface area contributed by atoms with Crippen LogP contribution in [0.25, 0.3) is 0 Å². The van der Waals surface area contributed by atoms with Crippen LogP contribution in [-0.4, -0.2) is 5.97 Å². The van der Waals surface area contributed by atoms with Crippen molar-refractivity contribution in [1.82, 2.24) is 0 Å². The Labute approximate surface area is 126 Å². The van der Waals surface area contributed by atoms with E-state index in [1.165, 1.54) is 0 Å². The van der Waals surface area contributed by atoms with Gasteiger partial charge in [-0.25, -0.2) is 0 Å². The fourth-order valence-electron chi connectivity index (χ4n) is 2.92. The molecule has 1 fully saturated rings. The summed E-state index contributed by atoms with van der Waals surface area (Å²) in [6, 6.07) is 17.8. The number of cyclic esters (lactones) is 1. The Morgan fingerprint density at radius 3 is 2.35 bits per heavy atom.